The molecule has 0 radical (unpaired) electrons. The van der Waals surface area contributed by atoms with E-state index in [0.717, 1.165) is 17.8 Å². The summed E-state index contributed by atoms with van der Waals surface area (Å²) in [7, 11) is 0. The van der Waals surface area contributed by atoms with Gasteiger partial charge in [0.05, 0.1) is 12.1 Å². The molecule has 21 heavy (non-hydrogen) atoms. The van der Waals surface area contributed by atoms with Gasteiger partial charge in [0.1, 0.15) is 12.1 Å². The zero-order valence-electron chi connectivity index (χ0n) is 11.6. The lowest BCUT2D eigenvalue weighted by Gasteiger charge is -2.39. The van der Waals surface area contributed by atoms with E-state index in [1.165, 1.54) is 6.92 Å². The van der Waals surface area contributed by atoms with Gasteiger partial charge in [0, 0.05) is 12.8 Å². The van der Waals surface area contributed by atoms with Gasteiger partial charge >= 0.3 is 6.18 Å². The third-order valence-electron chi connectivity index (χ3n) is 4.06. The molecule has 0 bridgehead atoms. The fraction of sp³-hybridized carbons (Fsp3) is 0.692. The molecule has 0 amide bonds. The Morgan fingerprint density at radius 3 is 2.67 bits per heavy atom. The van der Waals surface area contributed by atoms with Crippen LogP contribution in [-0.2, 0) is 6.54 Å². The van der Waals surface area contributed by atoms with Crippen molar-refractivity contribution in [1.82, 2.24) is 15.1 Å². The molecule has 8 heteroatoms. The third kappa shape index (κ3) is 2.64. The summed E-state index contributed by atoms with van der Waals surface area (Å²) in [6, 6.07) is 0. The van der Waals surface area contributed by atoms with Gasteiger partial charge < -0.3 is 10.1 Å². The van der Waals surface area contributed by atoms with E-state index >= 15 is 0 Å². The second-order valence-corrected chi connectivity index (χ2v) is 5.67. The first-order chi connectivity index (χ1) is 9.80. The van der Waals surface area contributed by atoms with Crippen molar-refractivity contribution >= 4 is 5.78 Å². The number of alkyl halides is 3. The summed E-state index contributed by atoms with van der Waals surface area (Å²) in [5, 5.41) is 6.99. The summed E-state index contributed by atoms with van der Waals surface area (Å²) in [4.78, 5) is 12.2. The van der Waals surface area contributed by atoms with Crippen molar-refractivity contribution in [2.45, 2.75) is 44.5 Å². The Morgan fingerprint density at radius 2 is 2.05 bits per heavy atom. The summed E-state index contributed by atoms with van der Waals surface area (Å²) in [5.41, 5.74) is -0.305. The number of carbonyl (C=O) groups excluding carboxylic acids is 1. The Morgan fingerprint density at radius 1 is 1.38 bits per heavy atom. The summed E-state index contributed by atoms with van der Waals surface area (Å²) in [5.74, 6) is -0.0143. The first kappa shape index (κ1) is 14.4. The Labute approximate surface area is 119 Å². The third-order valence-corrected chi connectivity index (χ3v) is 4.06. The topological polar surface area (TPSA) is 56.2 Å². The van der Waals surface area contributed by atoms with Crippen LogP contribution in [0.25, 0.3) is 0 Å². The fourth-order valence-electron chi connectivity index (χ4n) is 2.95. The summed E-state index contributed by atoms with van der Waals surface area (Å²) < 4.78 is 44.4. The Bertz CT molecular complexity index is 574. The van der Waals surface area contributed by atoms with Crippen LogP contribution in [0.5, 0.6) is 5.75 Å². The van der Waals surface area contributed by atoms with Crippen LogP contribution in [0, 0.1) is 6.92 Å². The van der Waals surface area contributed by atoms with Gasteiger partial charge in [-0.2, -0.15) is 18.3 Å². The van der Waals surface area contributed by atoms with Crippen molar-refractivity contribution < 1.29 is 22.7 Å². The van der Waals surface area contributed by atoms with Gasteiger partial charge in [0.25, 0.3) is 0 Å². The SMILES string of the molecule is Cc1c2c(nn1CC(F)(F)F)C(=O)CC1(CCNCC1)O2. The minimum Gasteiger partial charge on any atom is -0.482 e. The van der Waals surface area contributed by atoms with E-state index in [-0.39, 0.29) is 29.3 Å². The Kier molecular flexibility index (Phi) is 3.23. The molecule has 0 unspecified atom stereocenters. The van der Waals surface area contributed by atoms with E-state index in [9.17, 15) is 18.0 Å². The predicted molar refractivity (Wildman–Crippen MR) is 67.4 cm³/mol. The minimum atomic E-state index is -4.38. The van der Waals surface area contributed by atoms with Crippen molar-refractivity contribution in [3.63, 3.8) is 0 Å². The number of ketones is 1. The van der Waals surface area contributed by atoms with Gasteiger partial charge in [-0.05, 0) is 20.0 Å². The van der Waals surface area contributed by atoms with Crippen molar-refractivity contribution in [3.8, 4) is 5.75 Å². The normalized spacial score (nSPS) is 21.2. The molecule has 3 heterocycles. The molecule has 0 atom stereocenters. The number of nitrogens with zero attached hydrogens (tertiary/aromatic N) is 2. The maximum Gasteiger partial charge on any atom is 0.408 e. The number of halogens is 3. The molecule has 1 saturated heterocycles. The van der Waals surface area contributed by atoms with Crippen LogP contribution in [0.3, 0.4) is 0 Å². The van der Waals surface area contributed by atoms with Crippen LogP contribution >= 0.6 is 0 Å². The van der Waals surface area contributed by atoms with E-state index in [1.807, 2.05) is 0 Å². The zero-order valence-corrected chi connectivity index (χ0v) is 11.6. The largest absolute Gasteiger partial charge is 0.482 e. The highest BCUT2D eigenvalue weighted by Gasteiger charge is 2.44. The molecule has 116 valence electrons. The number of hydrogen-bond donors (Lipinski definition) is 1. The molecule has 2 aliphatic heterocycles. The van der Waals surface area contributed by atoms with E-state index in [1.54, 1.807) is 0 Å². The van der Waals surface area contributed by atoms with Crippen LogP contribution in [0.1, 0.15) is 35.4 Å². The average molecular weight is 303 g/mol. The lowest BCUT2D eigenvalue weighted by molar-refractivity contribution is -0.143. The van der Waals surface area contributed by atoms with Gasteiger partial charge in [-0.1, -0.05) is 0 Å². The highest BCUT2D eigenvalue weighted by atomic mass is 19.4. The summed E-state index contributed by atoms with van der Waals surface area (Å²) in [6.45, 7) is 1.76. The quantitative estimate of drug-likeness (QED) is 0.860. The first-order valence-electron chi connectivity index (χ1n) is 6.87. The number of piperidine rings is 1. The number of Topliss-reactive ketones (excluding diaryl/α,β-unsaturated/α-hetero) is 1. The average Bonchev–Trinajstić information content (AvgIpc) is 2.67. The number of fused-ring (bicyclic) bond motifs is 1. The van der Waals surface area contributed by atoms with E-state index < -0.39 is 18.3 Å². The van der Waals surface area contributed by atoms with E-state index in [0.29, 0.717) is 12.8 Å². The zero-order chi connectivity index (χ0) is 15.3. The van der Waals surface area contributed by atoms with Gasteiger partial charge in [-0.3, -0.25) is 9.48 Å². The molecule has 1 aromatic heterocycles. The van der Waals surface area contributed by atoms with Crippen LogP contribution < -0.4 is 10.1 Å². The smallest absolute Gasteiger partial charge is 0.408 e. The number of nitrogens with one attached hydrogen (secondary N) is 1. The predicted octanol–water partition coefficient (Wildman–Crippen LogP) is 1.84. The minimum absolute atomic E-state index is 0.0286. The lowest BCUT2D eigenvalue weighted by Crippen LogP contribution is -2.49. The van der Waals surface area contributed by atoms with Crippen molar-refractivity contribution in [1.29, 1.82) is 0 Å². The van der Waals surface area contributed by atoms with Crippen LogP contribution in [0.2, 0.25) is 0 Å². The molecule has 0 saturated carbocycles. The standard InChI is InChI=1S/C13H16F3N3O2/c1-8-11-10(18-19(8)7-13(14,15)16)9(20)6-12(21-11)2-4-17-5-3-12/h17H,2-7H2,1H3. The molecule has 1 spiro atoms. The summed E-state index contributed by atoms with van der Waals surface area (Å²) in [6.07, 6.45) is -2.86. The van der Waals surface area contributed by atoms with E-state index in [2.05, 4.69) is 10.4 Å². The number of aromatic nitrogens is 2. The van der Waals surface area contributed by atoms with Gasteiger partial charge in [0.15, 0.2) is 17.2 Å². The number of hydrogen-bond acceptors (Lipinski definition) is 4. The van der Waals surface area contributed by atoms with Gasteiger partial charge in [-0.15, -0.1) is 0 Å². The van der Waals surface area contributed by atoms with Crippen molar-refractivity contribution in [2.75, 3.05) is 13.1 Å². The number of ether oxygens (including phenoxy) is 1. The van der Waals surface area contributed by atoms with E-state index in [4.69, 9.17) is 4.74 Å². The van der Waals surface area contributed by atoms with Crippen molar-refractivity contribution in [3.05, 3.63) is 11.4 Å². The van der Waals surface area contributed by atoms with Crippen LogP contribution in [-0.4, -0.2) is 40.4 Å². The number of rotatable bonds is 1. The molecule has 0 aliphatic carbocycles. The molecular weight excluding hydrogens is 287 g/mol. The fourth-order valence-corrected chi connectivity index (χ4v) is 2.95. The van der Waals surface area contributed by atoms with Gasteiger partial charge in [-0.25, -0.2) is 0 Å². The molecule has 1 fully saturated rings. The molecule has 3 rings (SSSR count). The van der Waals surface area contributed by atoms with Crippen LogP contribution in [0.4, 0.5) is 13.2 Å². The highest BCUT2D eigenvalue weighted by molar-refractivity contribution is 5.98. The second kappa shape index (κ2) is 4.72. The maximum absolute atomic E-state index is 12.5. The molecule has 2 aliphatic rings. The number of carbonyl (C=O) groups is 1. The molecule has 1 aromatic rings. The monoisotopic (exact) mass is 303 g/mol. The molecule has 0 aromatic carbocycles. The Balaban J connectivity index is 1.94. The Hall–Kier alpha value is -1.57. The molecule has 1 N–H and O–H groups in total. The van der Waals surface area contributed by atoms with Crippen LogP contribution in [0.15, 0.2) is 0 Å². The van der Waals surface area contributed by atoms with Crippen molar-refractivity contribution in [2.24, 2.45) is 0 Å². The maximum atomic E-state index is 12.5. The van der Waals surface area contributed by atoms with Gasteiger partial charge in [0.2, 0.25) is 0 Å². The molecular formula is C13H16F3N3O2. The summed E-state index contributed by atoms with van der Waals surface area (Å²) >= 11 is 0. The highest BCUT2D eigenvalue weighted by Crippen LogP contribution is 2.40. The molecule has 5 nitrogen and oxygen atoms in total. The second-order valence-electron chi connectivity index (χ2n) is 5.67. The first-order valence-corrected chi connectivity index (χ1v) is 6.87. The lowest BCUT2D eigenvalue weighted by atomic mass is 9.84.